The first-order valence-corrected chi connectivity index (χ1v) is 7.81. The maximum atomic E-state index is 13.1. The lowest BCUT2D eigenvalue weighted by Crippen LogP contribution is -2.06. The maximum Gasteiger partial charge on any atom is 0.159 e. The zero-order valence-corrected chi connectivity index (χ0v) is 12.3. The molecule has 0 saturated carbocycles. The maximum absolute atomic E-state index is 13.1. The molecule has 0 amide bonds. The number of rotatable bonds is 6. The van der Waals surface area contributed by atoms with E-state index >= 15 is 0 Å². The third kappa shape index (κ3) is 4.43. The number of aryl methyl sites for hydroxylation is 1. The van der Waals surface area contributed by atoms with Crippen LogP contribution in [0, 0.1) is 17.6 Å². The van der Waals surface area contributed by atoms with Gasteiger partial charge in [-0.1, -0.05) is 43.9 Å². The van der Waals surface area contributed by atoms with Gasteiger partial charge in [-0.2, -0.15) is 0 Å². The molecule has 0 saturated heterocycles. The number of halogens is 2. The zero-order valence-electron chi connectivity index (χ0n) is 12.3. The minimum Gasteiger partial charge on any atom is -0.204 e. The Balaban J connectivity index is 1.80. The van der Waals surface area contributed by atoms with Gasteiger partial charge >= 0.3 is 0 Å². The minimum absolute atomic E-state index is 0.736. The van der Waals surface area contributed by atoms with Crippen molar-refractivity contribution in [3.63, 3.8) is 0 Å². The molecule has 1 atom stereocenters. The van der Waals surface area contributed by atoms with Crippen LogP contribution < -0.4 is 0 Å². The summed E-state index contributed by atoms with van der Waals surface area (Å²) in [5, 5.41) is 0. The first-order valence-electron chi connectivity index (χ1n) is 7.81. The Morgan fingerprint density at radius 2 is 2.00 bits per heavy atom. The van der Waals surface area contributed by atoms with Crippen molar-refractivity contribution in [2.75, 3.05) is 0 Å². The molecule has 0 heterocycles. The molecule has 2 heteroatoms. The Hall–Kier alpha value is -1.18. The number of unbranched alkanes of at least 4 members (excludes halogenated alkanes) is 1. The molecule has 0 aromatic heterocycles. The summed E-state index contributed by atoms with van der Waals surface area (Å²) in [5.74, 6) is -0.633. The lowest BCUT2D eigenvalue weighted by molar-refractivity contribution is 0.418. The van der Waals surface area contributed by atoms with E-state index in [0.717, 1.165) is 24.3 Å². The van der Waals surface area contributed by atoms with Crippen molar-refractivity contribution in [1.29, 1.82) is 0 Å². The lowest BCUT2D eigenvalue weighted by Gasteiger charge is -2.21. The molecule has 0 nitrogen and oxygen atoms in total. The van der Waals surface area contributed by atoms with E-state index in [1.165, 1.54) is 56.2 Å². The van der Waals surface area contributed by atoms with Crippen molar-refractivity contribution in [1.82, 2.24) is 0 Å². The van der Waals surface area contributed by atoms with Gasteiger partial charge in [-0.05, 0) is 55.7 Å². The number of hydrogen-bond donors (Lipinski definition) is 0. The van der Waals surface area contributed by atoms with Gasteiger partial charge in [-0.15, -0.1) is 0 Å². The monoisotopic (exact) mass is 278 g/mol. The van der Waals surface area contributed by atoms with Gasteiger partial charge in [0.2, 0.25) is 0 Å². The Labute approximate surface area is 120 Å². The molecule has 1 unspecified atom stereocenters. The fraction of sp³-hybridized carbons (Fsp3) is 0.556. The predicted molar refractivity (Wildman–Crippen MR) is 79.6 cm³/mol. The Morgan fingerprint density at radius 1 is 1.15 bits per heavy atom. The molecule has 1 aromatic rings. The summed E-state index contributed by atoms with van der Waals surface area (Å²) in [6.07, 6.45) is 11.8. The van der Waals surface area contributed by atoms with Gasteiger partial charge in [0.25, 0.3) is 0 Å². The fourth-order valence-corrected chi connectivity index (χ4v) is 2.92. The van der Waals surface area contributed by atoms with Crippen LogP contribution in [0.3, 0.4) is 0 Å². The molecular formula is C18H24F2. The van der Waals surface area contributed by atoms with Crippen molar-refractivity contribution in [2.24, 2.45) is 5.92 Å². The zero-order chi connectivity index (χ0) is 14.4. The highest BCUT2D eigenvalue weighted by atomic mass is 19.2. The highest BCUT2D eigenvalue weighted by Crippen LogP contribution is 2.29. The van der Waals surface area contributed by atoms with E-state index in [1.807, 2.05) is 0 Å². The molecule has 0 aliphatic heterocycles. The summed E-state index contributed by atoms with van der Waals surface area (Å²) in [6.45, 7) is 2.24. The van der Waals surface area contributed by atoms with Crippen LogP contribution in [0.15, 0.2) is 29.8 Å². The molecule has 1 aliphatic carbocycles. The number of benzene rings is 1. The summed E-state index contributed by atoms with van der Waals surface area (Å²) in [6, 6.07) is 4.23. The molecule has 0 N–H and O–H groups in total. The Kier molecular flexibility index (Phi) is 5.75. The summed E-state index contributed by atoms with van der Waals surface area (Å²) in [7, 11) is 0. The third-order valence-electron chi connectivity index (χ3n) is 4.30. The van der Waals surface area contributed by atoms with Gasteiger partial charge < -0.3 is 0 Å². The smallest absolute Gasteiger partial charge is 0.159 e. The van der Waals surface area contributed by atoms with Gasteiger partial charge in [0.05, 0.1) is 0 Å². The molecule has 1 aromatic carbocycles. The topological polar surface area (TPSA) is 0 Å². The van der Waals surface area contributed by atoms with Crippen LogP contribution in [0.25, 0.3) is 0 Å². The molecular weight excluding hydrogens is 254 g/mol. The van der Waals surface area contributed by atoms with Crippen molar-refractivity contribution in [3.05, 3.63) is 47.0 Å². The largest absolute Gasteiger partial charge is 0.204 e. The fourth-order valence-electron chi connectivity index (χ4n) is 2.92. The highest BCUT2D eigenvalue weighted by molar-refractivity contribution is 5.19. The van der Waals surface area contributed by atoms with Crippen LogP contribution in [0.2, 0.25) is 0 Å². The van der Waals surface area contributed by atoms with E-state index in [2.05, 4.69) is 13.0 Å². The van der Waals surface area contributed by atoms with E-state index < -0.39 is 11.6 Å². The Morgan fingerprint density at radius 3 is 2.65 bits per heavy atom. The second-order valence-corrected chi connectivity index (χ2v) is 5.89. The molecule has 0 bridgehead atoms. The van der Waals surface area contributed by atoms with Gasteiger partial charge in [-0.3, -0.25) is 0 Å². The van der Waals surface area contributed by atoms with E-state index in [-0.39, 0.29) is 0 Å². The first-order chi connectivity index (χ1) is 9.69. The van der Waals surface area contributed by atoms with Crippen molar-refractivity contribution < 1.29 is 8.78 Å². The molecule has 20 heavy (non-hydrogen) atoms. The van der Waals surface area contributed by atoms with Crippen LogP contribution >= 0.6 is 0 Å². The average molecular weight is 278 g/mol. The first kappa shape index (κ1) is 15.2. The van der Waals surface area contributed by atoms with E-state index in [1.54, 1.807) is 6.07 Å². The second-order valence-electron chi connectivity index (χ2n) is 5.89. The van der Waals surface area contributed by atoms with E-state index in [0.29, 0.717) is 0 Å². The minimum atomic E-state index is -0.760. The average Bonchev–Trinajstić information content (AvgIpc) is 2.47. The second kappa shape index (κ2) is 7.56. The summed E-state index contributed by atoms with van der Waals surface area (Å²) < 4.78 is 26.0. The van der Waals surface area contributed by atoms with Crippen molar-refractivity contribution >= 4 is 0 Å². The van der Waals surface area contributed by atoms with Crippen molar-refractivity contribution in [2.45, 2.75) is 58.3 Å². The van der Waals surface area contributed by atoms with Crippen LogP contribution in [0.5, 0.6) is 0 Å². The third-order valence-corrected chi connectivity index (χ3v) is 4.30. The lowest BCUT2D eigenvalue weighted by atomic mass is 9.84. The van der Waals surface area contributed by atoms with Crippen LogP contribution in [-0.4, -0.2) is 0 Å². The SMILES string of the molecule is CCCCC1CC=C(CCc2ccc(F)c(F)c2)CC1. The van der Waals surface area contributed by atoms with Crippen LogP contribution in [0.4, 0.5) is 8.78 Å². The summed E-state index contributed by atoms with van der Waals surface area (Å²) >= 11 is 0. The molecule has 0 fully saturated rings. The molecule has 110 valence electrons. The van der Waals surface area contributed by atoms with Gasteiger partial charge in [0, 0.05) is 0 Å². The van der Waals surface area contributed by atoms with Gasteiger partial charge in [0.1, 0.15) is 0 Å². The van der Waals surface area contributed by atoms with Crippen LogP contribution in [0.1, 0.15) is 57.4 Å². The number of hydrogen-bond acceptors (Lipinski definition) is 0. The van der Waals surface area contributed by atoms with E-state index in [9.17, 15) is 8.78 Å². The molecule has 1 aliphatic rings. The van der Waals surface area contributed by atoms with Crippen molar-refractivity contribution in [3.8, 4) is 0 Å². The number of allylic oxidation sites excluding steroid dienone is 2. The molecule has 0 radical (unpaired) electrons. The van der Waals surface area contributed by atoms with Crippen LogP contribution in [-0.2, 0) is 6.42 Å². The predicted octanol–water partition coefficient (Wildman–Crippen LogP) is 5.81. The van der Waals surface area contributed by atoms with Gasteiger partial charge in [0.15, 0.2) is 11.6 Å². The molecule has 0 spiro atoms. The molecule has 2 rings (SSSR count). The highest BCUT2D eigenvalue weighted by Gasteiger charge is 2.14. The normalized spacial score (nSPS) is 18.9. The summed E-state index contributed by atoms with van der Waals surface area (Å²) in [5.41, 5.74) is 2.38. The quantitative estimate of drug-likeness (QED) is 0.576. The standard InChI is InChI=1S/C18H24F2/c1-2-3-4-14-5-7-15(8-6-14)9-10-16-11-12-17(19)18(20)13-16/h7,11-14H,2-6,8-10H2,1H3. The Bertz CT molecular complexity index is 462. The van der Waals surface area contributed by atoms with Gasteiger partial charge in [-0.25, -0.2) is 8.78 Å². The summed E-state index contributed by atoms with van der Waals surface area (Å²) in [4.78, 5) is 0. The van der Waals surface area contributed by atoms with E-state index in [4.69, 9.17) is 0 Å².